The maximum absolute atomic E-state index is 13.4. The predicted octanol–water partition coefficient (Wildman–Crippen LogP) is 3.09. The minimum atomic E-state index is -0.923. The molecular formula is C15H12FNO. The van der Waals surface area contributed by atoms with Crippen molar-refractivity contribution in [2.24, 2.45) is 0 Å². The molecule has 0 aliphatic carbocycles. The number of hydrogen-bond donors (Lipinski definition) is 1. The molecule has 0 bridgehead atoms. The highest BCUT2D eigenvalue weighted by Crippen LogP contribution is 2.24. The number of hydrogen-bond acceptors (Lipinski definition) is 2. The van der Waals surface area contributed by atoms with Crippen molar-refractivity contribution in [2.45, 2.75) is 13.0 Å². The molecule has 2 nitrogen and oxygen atoms in total. The molecule has 0 saturated heterocycles. The number of aliphatic hydroxyl groups excluding tert-OH is 1. The first kappa shape index (κ1) is 12.3. The molecule has 2 aromatic carbocycles. The van der Waals surface area contributed by atoms with Crippen molar-refractivity contribution in [1.29, 1.82) is 5.26 Å². The topological polar surface area (TPSA) is 44.0 Å². The van der Waals surface area contributed by atoms with Gasteiger partial charge in [-0.15, -0.1) is 0 Å². The molecule has 1 N–H and O–H groups in total. The molecule has 2 aromatic rings. The molecule has 0 heterocycles. The average molecular weight is 241 g/mol. The Hall–Kier alpha value is -2.18. The minimum absolute atomic E-state index is 0.344. The normalized spacial score (nSPS) is 11.9. The molecule has 0 spiro atoms. The van der Waals surface area contributed by atoms with E-state index in [1.165, 1.54) is 6.07 Å². The minimum Gasteiger partial charge on any atom is -0.384 e. The van der Waals surface area contributed by atoms with Gasteiger partial charge in [-0.25, -0.2) is 4.39 Å². The summed E-state index contributed by atoms with van der Waals surface area (Å²) in [4.78, 5) is 0. The van der Waals surface area contributed by atoms with Gasteiger partial charge in [0.2, 0.25) is 0 Å². The summed E-state index contributed by atoms with van der Waals surface area (Å²) >= 11 is 0. The van der Waals surface area contributed by atoms with Crippen molar-refractivity contribution in [3.05, 3.63) is 70.5 Å². The van der Waals surface area contributed by atoms with Gasteiger partial charge in [0.1, 0.15) is 11.9 Å². The van der Waals surface area contributed by atoms with Crippen LogP contribution in [-0.4, -0.2) is 5.11 Å². The third-order valence-electron chi connectivity index (χ3n) is 2.84. The maximum Gasteiger partial charge on any atom is 0.126 e. The first-order chi connectivity index (χ1) is 8.61. The molecule has 0 fully saturated rings. The number of nitrogens with zero attached hydrogens (tertiary/aromatic N) is 1. The molecule has 0 aromatic heterocycles. The molecule has 0 aliphatic heterocycles. The van der Waals surface area contributed by atoms with Crippen LogP contribution >= 0.6 is 0 Å². The van der Waals surface area contributed by atoms with E-state index in [9.17, 15) is 9.50 Å². The molecular weight excluding hydrogens is 229 g/mol. The lowest BCUT2D eigenvalue weighted by Gasteiger charge is -2.12. The van der Waals surface area contributed by atoms with Crippen LogP contribution in [0.15, 0.2) is 42.5 Å². The van der Waals surface area contributed by atoms with Gasteiger partial charge in [0, 0.05) is 0 Å². The predicted molar refractivity (Wildman–Crippen MR) is 66.4 cm³/mol. The molecule has 1 unspecified atom stereocenters. The molecule has 3 heteroatoms. The lowest BCUT2D eigenvalue weighted by molar-refractivity contribution is 0.219. The summed E-state index contributed by atoms with van der Waals surface area (Å²) < 4.78 is 13.4. The summed E-state index contributed by atoms with van der Waals surface area (Å²) in [6, 6.07) is 13.3. The number of nitriles is 1. The van der Waals surface area contributed by atoms with Gasteiger partial charge in [-0.2, -0.15) is 5.26 Å². The second-order valence-corrected chi connectivity index (χ2v) is 4.15. The summed E-state index contributed by atoms with van der Waals surface area (Å²) in [5, 5.41) is 19.0. The van der Waals surface area contributed by atoms with Crippen molar-refractivity contribution in [3.63, 3.8) is 0 Å². The summed E-state index contributed by atoms with van der Waals surface area (Å²) in [5.74, 6) is -0.344. The zero-order chi connectivity index (χ0) is 13.1. The number of aryl methyl sites for hydroxylation is 1. The molecule has 0 amide bonds. The fraction of sp³-hybridized carbons (Fsp3) is 0.133. The summed E-state index contributed by atoms with van der Waals surface area (Å²) in [6.07, 6.45) is -0.923. The SMILES string of the molecule is Cc1ccc(C(O)c2cccc(C#N)c2)cc1F. The molecule has 0 radical (unpaired) electrons. The van der Waals surface area contributed by atoms with Gasteiger partial charge in [-0.3, -0.25) is 0 Å². The van der Waals surface area contributed by atoms with Crippen LogP contribution in [0.3, 0.4) is 0 Å². The van der Waals surface area contributed by atoms with Gasteiger partial charge in [0.15, 0.2) is 0 Å². The lowest BCUT2D eigenvalue weighted by Crippen LogP contribution is -2.01. The molecule has 2 rings (SSSR count). The standard InChI is InChI=1S/C15H12FNO/c1-10-5-6-13(8-14(10)16)15(18)12-4-2-3-11(7-12)9-17/h2-8,15,18H,1H3. The summed E-state index contributed by atoms with van der Waals surface area (Å²) in [5.41, 5.74) is 2.07. The van der Waals surface area contributed by atoms with E-state index in [0.717, 1.165) is 0 Å². The fourth-order valence-electron chi connectivity index (χ4n) is 1.75. The lowest BCUT2D eigenvalue weighted by atomic mass is 9.99. The van der Waals surface area contributed by atoms with Crippen LogP contribution in [0.1, 0.15) is 28.4 Å². The second-order valence-electron chi connectivity index (χ2n) is 4.15. The monoisotopic (exact) mass is 241 g/mol. The Morgan fingerprint density at radius 2 is 1.89 bits per heavy atom. The third-order valence-corrected chi connectivity index (χ3v) is 2.84. The van der Waals surface area contributed by atoms with Gasteiger partial charge >= 0.3 is 0 Å². The van der Waals surface area contributed by atoms with Gasteiger partial charge < -0.3 is 5.11 Å². The first-order valence-corrected chi connectivity index (χ1v) is 5.56. The van der Waals surface area contributed by atoms with E-state index < -0.39 is 6.10 Å². The van der Waals surface area contributed by atoms with Crippen LogP contribution in [-0.2, 0) is 0 Å². The van der Waals surface area contributed by atoms with Crippen LogP contribution < -0.4 is 0 Å². The second kappa shape index (κ2) is 4.99. The quantitative estimate of drug-likeness (QED) is 0.878. The zero-order valence-electron chi connectivity index (χ0n) is 9.89. The van der Waals surface area contributed by atoms with Crippen molar-refractivity contribution in [1.82, 2.24) is 0 Å². The van der Waals surface area contributed by atoms with Gasteiger partial charge in [-0.1, -0.05) is 24.3 Å². The van der Waals surface area contributed by atoms with Crippen LogP contribution in [0.25, 0.3) is 0 Å². The molecule has 0 saturated carbocycles. The largest absolute Gasteiger partial charge is 0.384 e. The molecule has 18 heavy (non-hydrogen) atoms. The number of aliphatic hydroxyl groups is 1. The van der Waals surface area contributed by atoms with E-state index in [1.807, 2.05) is 6.07 Å². The van der Waals surface area contributed by atoms with Gasteiger partial charge in [0.25, 0.3) is 0 Å². The third kappa shape index (κ3) is 2.39. The Morgan fingerprint density at radius 3 is 2.56 bits per heavy atom. The van der Waals surface area contributed by atoms with E-state index in [1.54, 1.807) is 43.3 Å². The highest BCUT2D eigenvalue weighted by Gasteiger charge is 2.12. The van der Waals surface area contributed by atoms with Crippen molar-refractivity contribution in [2.75, 3.05) is 0 Å². The Morgan fingerprint density at radius 1 is 1.17 bits per heavy atom. The highest BCUT2D eigenvalue weighted by atomic mass is 19.1. The van der Waals surface area contributed by atoms with E-state index in [2.05, 4.69) is 0 Å². The number of benzene rings is 2. The van der Waals surface area contributed by atoms with Gasteiger partial charge in [-0.05, 0) is 41.8 Å². The van der Waals surface area contributed by atoms with E-state index in [-0.39, 0.29) is 5.82 Å². The van der Waals surface area contributed by atoms with E-state index in [0.29, 0.717) is 22.3 Å². The van der Waals surface area contributed by atoms with Crippen molar-refractivity contribution >= 4 is 0 Å². The highest BCUT2D eigenvalue weighted by molar-refractivity contribution is 5.38. The average Bonchev–Trinajstić information content (AvgIpc) is 2.41. The zero-order valence-corrected chi connectivity index (χ0v) is 9.89. The maximum atomic E-state index is 13.4. The fourth-order valence-corrected chi connectivity index (χ4v) is 1.75. The Labute approximate surface area is 105 Å². The van der Waals surface area contributed by atoms with E-state index >= 15 is 0 Å². The summed E-state index contributed by atoms with van der Waals surface area (Å²) in [6.45, 7) is 1.67. The Bertz CT molecular complexity index is 616. The van der Waals surface area contributed by atoms with Crippen LogP contribution in [0.4, 0.5) is 4.39 Å². The summed E-state index contributed by atoms with van der Waals surface area (Å²) in [7, 11) is 0. The van der Waals surface area contributed by atoms with Crippen LogP contribution in [0.5, 0.6) is 0 Å². The molecule has 1 atom stereocenters. The number of halogens is 1. The van der Waals surface area contributed by atoms with E-state index in [4.69, 9.17) is 5.26 Å². The van der Waals surface area contributed by atoms with Crippen molar-refractivity contribution < 1.29 is 9.50 Å². The van der Waals surface area contributed by atoms with Crippen molar-refractivity contribution in [3.8, 4) is 6.07 Å². The Kier molecular flexibility index (Phi) is 3.40. The number of rotatable bonds is 2. The van der Waals surface area contributed by atoms with Crippen LogP contribution in [0, 0.1) is 24.1 Å². The molecule has 0 aliphatic rings. The Balaban J connectivity index is 2.38. The van der Waals surface area contributed by atoms with Gasteiger partial charge in [0.05, 0.1) is 11.6 Å². The smallest absolute Gasteiger partial charge is 0.126 e. The first-order valence-electron chi connectivity index (χ1n) is 5.56. The molecule has 90 valence electrons. The van der Waals surface area contributed by atoms with Crippen LogP contribution in [0.2, 0.25) is 0 Å².